The van der Waals surface area contributed by atoms with E-state index >= 15 is 0 Å². The van der Waals surface area contributed by atoms with Crippen LogP contribution in [0.2, 0.25) is 5.02 Å². The van der Waals surface area contributed by atoms with E-state index in [-0.39, 0.29) is 17.2 Å². The lowest BCUT2D eigenvalue weighted by Crippen LogP contribution is -2.36. The molecule has 1 N–H and O–H groups in total. The number of aromatic nitrogens is 1. The van der Waals surface area contributed by atoms with E-state index < -0.39 is 11.4 Å². The second-order valence-electron chi connectivity index (χ2n) is 7.70. The van der Waals surface area contributed by atoms with Crippen molar-refractivity contribution < 1.29 is 13.9 Å². The van der Waals surface area contributed by atoms with Gasteiger partial charge in [0.1, 0.15) is 11.4 Å². The Bertz CT molecular complexity index is 871. The van der Waals surface area contributed by atoms with Gasteiger partial charge in [0.05, 0.1) is 10.7 Å². The van der Waals surface area contributed by atoms with Crippen molar-refractivity contribution in [1.29, 1.82) is 0 Å². The normalized spacial score (nSPS) is 16.9. The van der Waals surface area contributed by atoms with Crippen LogP contribution in [-0.4, -0.2) is 40.7 Å². The Kier molecular flexibility index (Phi) is 6.15. The van der Waals surface area contributed by atoms with Crippen molar-refractivity contribution in [2.24, 2.45) is 0 Å². The molecule has 1 aliphatic heterocycles. The maximum Gasteiger partial charge on any atom is 0.410 e. The SMILES string of the molecule is CC(C)(C)OC(=O)N1CC[C@H](Nc2ccc(F)c(Cl)c2-c2ccc(Br)cn2)C1. The standard InChI is InChI=1S/C20H22BrClFN3O2/c1-20(2,3)28-19(27)26-9-8-13(11-26)25-16-7-5-14(23)18(22)17(16)15-6-4-12(21)10-24-15/h4-7,10,13,25H,8-9,11H2,1-3H3/t13-/m0/s1. The van der Waals surface area contributed by atoms with Crippen LogP contribution in [0.5, 0.6) is 0 Å². The van der Waals surface area contributed by atoms with E-state index in [1.165, 1.54) is 6.07 Å². The minimum absolute atomic E-state index is 0.00300. The highest BCUT2D eigenvalue weighted by molar-refractivity contribution is 9.10. The Balaban J connectivity index is 1.79. The summed E-state index contributed by atoms with van der Waals surface area (Å²) in [6.07, 6.45) is 2.06. The van der Waals surface area contributed by atoms with Gasteiger partial charge in [0, 0.05) is 41.1 Å². The monoisotopic (exact) mass is 469 g/mol. The minimum Gasteiger partial charge on any atom is -0.444 e. The third-order valence-electron chi connectivity index (χ3n) is 4.28. The number of hydrogen-bond acceptors (Lipinski definition) is 4. The minimum atomic E-state index is -0.534. The van der Waals surface area contributed by atoms with Gasteiger partial charge in [-0.15, -0.1) is 0 Å². The first-order chi connectivity index (χ1) is 13.1. The Morgan fingerprint density at radius 3 is 2.75 bits per heavy atom. The lowest BCUT2D eigenvalue weighted by Gasteiger charge is -2.24. The molecule has 1 aromatic heterocycles. The number of pyridine rings is 1. The molecule has 150 valence electrons. The zero-order chi connectivity index (χ0) is 20.5. The number of carbonyl (C=O) groups is 1. The van der Waals surface area contributed by atoms with Gasteiger partial charge in [-0.1, -0.05) is 11.6 Å². The number of hydrogen-bond donors (Lipinski definition) is 1. The molecule has 5 nitrogen and oxygen atoms in total. The maximum atomic E-state index is 14.1. The molecular weight excluding hydrogens is 449 g/mol. The molecule has 2 heterocycles. The Morgan fingerprint density at radius 2 is 2.11 bits per heavy atom. The number of nitrogens with zero attached hydrogens (tertiary/aromatic N) is 2. The van der Waals surface area contributed by atoms with Gasteiger partial charge in [0.2, 0.25) is 0 Å². The van der Waals surface area contributed by atoms with E-state index in [1.807, 2.05) is 26.8 Å². The number of benzene rings is 1. The van der Waals surface area contributed by atoms with Crippen molar-refractivity contribution in [1.82, 2.24) is 9.88 Å². The molecule has 0 radical (unpaired) electrons. The fourth-order valence-corrected chi connectivity index (χ4v) is 3.53. The van der Waals surface area contributed by atoms with Gasteiger partial charge in [0.15, 0.2) is 0 Å². The molecule has 1 saturated heterocycles. The molecular formula is C20H22BrClFN3O2. The first-order valence-corrected chi connectivity index (χ1v) is 10.2. The molecule has 0 bridgehead atoms. The van der Waals surface area contributed by atoms with Crippen LogP contribution < -0.4 is 5.32 Å². The van der Waals surface area contributed by atoms with Crippen LogP contribution >= 0.6 is 27.5 Å². The van der Waals surface area contributed by atoms with Gasteiger partial charge in [-0.2, -0.15) is 0 Å². The maximum absolute atomic E-state index is 14.1. The van der Waals surface area contributed by atoms with E-state index in [2.05, 4.69) is 26.2 Å². The van der Waals surface area contributed by atoms with Gasteiger partial charge in [0.25, 0.3) is 0 Å². The Morgan fingerprint density at radius 1 is 1.36 bits per heavy atom. The highest BCUT2D eigenvalue weighted by atomic mass is 79.9. The molecule has 2 aromatic rings. The highest BCUT2D eigenvalue weighted by Crippen LogP contribution is 2.37. The van der Waals surface area contributed by atoms with E-state index in [0.717, 1.165) is 10.9 Å². The number of carbonyl (C=O) groups excluding carboxylic acids is 1. The second kappa shape index (κ2) is 8.25. The number of halogens is 3. The van der Waals surface area contributed by atoms with Crippen LogP contribution in [-0.2, 0) is 4.74 Å². The van der Waals surface area contributed by atoms with Crippen molar-refractivity contribution >= 4 is 39.3 Å². The van der Waals surface area contributed by atoms with E-state index in [1.54, 1.807) is 23.2 Å². The fraction of sp³-hybridized carbons (Fsp3) is 0.400. The summed E-state index contributed by atoms with van der Waals surface area (Å²) in [5.74, 6) is -0.506. The lowest BCUT2D eigenvalue weighted by atomic mass is 10.1. The van der Waals surface area contributed by atoms with Gasteiger partial charge >= 0.3 is 6.09 Å². The van der Waals surface area contributed by atoms with Crippen molar-refractivity contribution in [3.05, 3.63) is 45.8 Å². The fourth-order valence-electron chi connectivity index (χ4n) is 3.04. The highest BCUT2D eigenvalue weighted by Gasteiger charge is 2.30. The molecule has 3 rings (SSSR count). The zero-order valence-electron chi connectivity index (χ0n) is 15.9. The van der Waals surface area contributed by atoms with Crippen LogP contribution in [0, 0.1) is 5.82 Å². The molecule has 0 spiro atoms. The van der Waals surface area contributed by atoms with Gasteiger partial charge < -0.3 is 15.0 Å². The Hall–Kier alpha value is -1.86. The average molecular weight is 471 g/mol. The molecule has 1 aromatic carbocycles. The molecule has 0 aliphatic carbocycles. The quantitative estimate of drug-likeness (QED) is 0.623. The van der Waals surface area contributed by atoms with Crippen LogP contribution in [0.3, 0.4) is 0 Å². The molecule has 8 heteroatoms. The predicted molar refractivity (Wildman–Crippen MR) is 112 cm³/mol. The van der Waals surface area contributed by atoms with E-state index in [0.29, 0.717) is 30.0 Å². The number of anilines is 1. The largest absolute Gasteiger partial charge is 0.444 e. The third-order valence-corrected chi connectivity index (χ3v) is 5.12. The number of likely N-dealkylation sites (tertiary alicyclic amines) is 1. The number of nitrogens with one attached hydrogen (secondary N) is 1. The summed E-state index contributed by atoms with van der Waals surface area (Å²) < 4.78 is 20.4. The van der Waals surface area contributed by atoms with Crippen LogP contribution in [0.15, 0.2) is 34.9 Å². The van der Waals surface area contributed by atoms with Crippen LogP contribution in [0.25, 0.3) is 11.3 Å². The Labute approximate surface area is 177 Å². The summed E-state index contributed by atoms with van der Waals surface area (Å²) in [6.45, 7) is 6.61. The van der Waals surface area contributed by atoms with Crippen molar-refractivity contribution in [2.75, 3.05) is 18.4 Å². The first kappa shape index (κ1) is 20.9. The predicted octanol–water partition coefficient (Wildman–Crippen LogP) is 5.72. The molecule has 0 saturated carbocycles. The topological polar surface area (TPSA) is 54.5 Å². The molecule has 1 aliphatic rings. The molecule has 28 heavy (non-hydrogen) atoms. The zero-order valence-corrected chi connectivity index (χ0v) is 18.3. The number of amides is 1. The molecule has 1 atom stereocenters. The van der Waals surface area contributed by atoms with Crippen molar-refractivity contribution in [2.45, 2.75) is 38.8 Å². The average Bonchev–Trinajstić information content (AvgIpc) is 3.07. The molecule has 1 fully saturated rings. The summed E-state index contributed by atoms with van der Waals surface area (Å²) >= 11 is 9.61. The molecule has 1 amide bonds. The van der Waals surface area contributed by atoms with Crippen molar-refractivity contribution in [3.63, 3.8) is 0 Å². The van der Waals surface area contributed by atoms with Gasteiger partial charge in [-0.05, 0) is 67.4 Å². The summed E-state index contributed by atoms with van der Waals surface area (Å²) in [4.78, 5) is 18.3. The lowest BCUT2D eigenvalue weighted by molar-refractivity contribution is 0.0293. The summed E-state index contributed by atoms with van der Waals surface area (Å²) in [5, 5.41) is 3.40. The van der Waals surface area contributed by atoms with Crippen molar-refractivity contribution in [3.8, 4) is 11.3 Å². The summed E-state index contributed by atoms with van der Waals surface area (Å²) in [6, 6.07) is 6.58. The van der Waals surface area contributed by atoms with E-state index in [9.17, 15) is 9.18 Å². The third kappa shape index (κ3) is 4.94. The van der Waals surface area contributed by atoms with Crippen LogP contribution in [0.4, 0.5) is 14.9 Å². The van der Waals surface area contributed by atoms with Gasteiger partial charge in [-0.25, -0.2) is 9.18 Å². The first-order valence-electron chi connectivity index (χ1n) is 8.98. The number of ether oxygens (including phenoxy) is 1. The smallest absolute Gasteiger partial charge is 0.410 e. The second-order valence-corrected chi connectivity index (χ2v) is 9.00. The number of rotatable bonds is 3. The van der Waals surface area contributed by atoms with Gasteiger partial charge in [-0.3, -0.25) is 4.98 Å². The van der Waals surface area contributed by atoms with E-state index in [4.69, 9.17) is 16.3 Å². The summed E-state index contributed by atoms with van der Waals surface area (Å²) in [7, 11) is 0. The van der Waals surface area contributed by atoms with Crippen LogP contribution in [0.1, 0.15) is 27.2 Å². The molecule has 0 unspecified atom stereocenters. The summed E-state index contributed by atoms with van der Waals surface area (Å²) in [5.41, 5.74) is 1.22.